The molecular formula is C25H24F3N5O2. The van der Waals surface area contributed by atoms with Crippen LogP contribution in [0.5, 0.6) is 11.5 Å². The number of ether oxygens (including phenoxy) is 2. The van der Waals surface area contributed by atoms with Crippen LogP contribution in [0, 0.1) is 5.82 Å². The SMILES string of the molecule is COC/C(N)=N\[C@@]1(C)c2cc(-c3cncc(F)c3)ccc2Oc2cnc(N3CCC(F)(F)C3)cc21. The van der Waals surface area contributed by atoms with Crippen molar-refractivity contribution in [3.63, 3.8) is 0 Å². The molecule has 0 radical (unpaired) electrons. The van der Waals surface area contributed by atoms with Crippen LogP contribution < -0.4 is 15.4 Å². The first-order valence-electron chi connectivity index (χ1n) is 11.1. The maximum Gasteiger partial charge on any atom is 0.266 e. The number of hydrogen-bond donors (Lipinski definition) is 1. The summed E-state index contributed by atoms with van der Waals surface area (Å²) in [6, 6.07) is 8.54. The zero-order valence-electron chi connectivity index (χ0n) is 19.3. The minimum Gasteiger partial charge on any atom is -0.455 e. The van der Waals surface area contributed by atoms with E-state index in [4.69, 9.17) is 20.2 Å². The second-order valence-electron chi connectivity index (χ2n) is 8.88. The molecule has 35 heavy (non-hydrogen) atoms. The number of fused-ring (bicyclic) bond motifs is 2. The summed E-state index contributed by atoms with van der Waals surface area (Å²) in [5.41, 5.74) is 7.72. The number of pyridine rings is 2. The molecule has 2 N–H and O–H groups in total. The maximum atomic E-state index is 13.9. The summed E-state index contributed by atoms with van der Waals surface area (Å²) in [6.07, 6.45) is 4.00. The molecule has 7 nitrogen and oxygen atoms in total. The summed E-state index contributed by atoms with van der Waals surface area (Å²) in [7, 11) is 1.52. The van der Waals surface area contributed by atoms with Gasteiger partial charge < -0.3 is 20.1 Å². The van der Waals surface area contributed by atoms with E-state index in [1.807, 2.05) is 13.0 Å². The molecule has 0 aliphatic carbocycles. The maximum absolute atomic E-state index is 13.9. The Morgan fingerprint density at radius 1 is 1.14 bits per heavy atom. The van der Waals surface area contributed by atoms with Crippen molar-refractivity contribution in [2.75, 3.05) is 31.7 Å². The smallest absolute Gasteiger partial charge is 0.266 e. The molecular weight excluding hydrogens is 459 g/mol. The first kappa shape index (κ1) is 23.1. The molecule has 2 aliphatic heterocycles. The van der Waals surface area contributed by atoms with E-state index in [1.165, 1.54) is 19.4 Å². The highest BCUT2D eigenvalue weighted by atomic mass is 19.3. The van der Waals surface area contributed by atoms with Gasteiger partial charge in [0, 0.05) is 43.0 Å². The van der Waals surface area contributed by atoms with Gasteiger partial charge in [0.1, 0.15) is 35.4 Å². The van der Waals surface area contributed by atoms with E-state index in [-0.39, 0.29) is 25.4 Å². The number of amidine groups is 1. The molecule has 1 aromatic carbocycles. The largest absolute Gasteiger partial charge is 0.455 e. The summed E-state index contributed by atoms with van der Waals surface area (Å²) >= 11 is 0. The highest BCUT2D eigenvalue weighted by Gasteiger charge is 2.42. The number of benzene rings is 1. The Balaban J connectivity index is 1.65. The molecule has 4 heterocycles. The lowest BCUT2D eigenvalue weighted by molar-refractivity contribution is 0.0256. The van der Waals surface area contributed by atoms with Crippen molar-refractivity contribution in [1.29, 1.82) is 0 Å². The quantitative estimate of drug-likeness (QED) is 0.425. The van der Waals surface area contributed by atoms with Gasteiger partial charge in [-0.2, -0.15) is 0 Å². The second-order valence-corrected chi connectivity index (χ2v) is 8.88. The first-order valence-corrected chi connectivity index (χ1v) is 11.1. The highest BCUT2D eigenvalue weighted by Crippen LogP contribution is 2.50. The van der Waals surface area contributed by atoms with E-state index in [0.717, 1.165) is 6.20 Å². The van der Waals surface area contributed by atoms with Crippen molar-refractivity contribution in [2.45, 2.75) is 24.8 Å². The Morgan fingerprint density at radius 2 is 1.94 bits per heavy atom. The molecule has 1 saturated heterocycles. The lowest BCUT2D eigenvalue weighted by Crippen LogP contribution is -2.32. The highest BCUT2D eigenvalue weighted by molar-refractivity contribution is 5.83. The van der Waals surface area contributed by atoms with Crippen LogP contribution >= 0.6 is 0 Å². The van der Waals surface area contributed by atoms with Gasteiger partial charge in [-0.25, -0.2) is 18.2 Å². The third-order valence-corrected chi connectivity index (χ3v) is 6.29. The summed E-state index contributed by atoms with van der Waals surface area (Å²) in [5, 5.41) is 0. The Hall–Kier alpha value is -3.66. The van der Waals surface area contributed by atoms with Gasteiger partial charge in [-0.3, -0.25) is 9.98 Å². The first-order chi connectivity index (χ1) is 16.7. The molecule has 10 heteroatoms. The van der Waals surface area contributed by atoms with E-state index >= 15 is 0 Å². The molecule has 0 unspecified atom stereocenters. The van der Waals surface area contributed by atoms with Crippen LogP contribution in [-0.2, 0) is 10.3 Å². The molecule has 1 fully saturated rings. The number of nitrogens with zero attached hydrogens (tertiary/aromatic N) is 4. The van der Waals surface area contributed by atoms with Crippen molar-refractivity contribution < 1.29 is 22.6 Å². The molecule has 2 aromatic heterocycles. The predicted molar refractivity (Wildman–Crippen MR) is 126 cm³/mol. The van der Waals surface area contributed by atoms with Crippen LogP contribution in [0.25, 0.3) is 11.1 Å². The number of halogens is 3. The van der Waals surface area contributed by atoms with Crippen molar-refractivity contribution in [2.24, 2.45) is 10.7 Å². The van der Waals surface area contributed by atoms with Crippen LogP contribution in [0.3, 0.4) is 0 Å². The van der Waals surface area contributed by atoms with E-state index in [2.05, 4.69) is 9.97 Å². The normalized spacial score (nSPS) is 20.8. The monoisotopic (exact) mass is 483 g/mol. The van der Waals surface area contributed by atoms with Crippen molar-refractivity contribution in [1.82, 2.24) is 9.97 Å². The molecule has 1 atom stereocenters. The summed E-state index contributed by atoms with van der Waals surface area (Å²) in [6.45, 7) is 1.76. The second kappa shape index (κ2) is 8.53. The molecule has 2 aliphatic rings. The lowest BCUT2D eigenvalue weighted by Gasteiger charge is -2.35. The number of rotatable bonds is 5. The van der Waals surface area contributed by atoms with Crippen molar-refractivity contribution in [3.8, 4) is 22.6 Å². The van der Waals surface area contributed by atoms with Gasteiger partial charge in [0.05, 0.1) is 18.9 Å². The van der Waals surface area contributed by atoms with Crippen LogP contribution in [-0.4, -0.2) is 48.5 Å². The summed E-state index contributed by atoms with van der Waals surface area (Å²) in [4.78, 5) is 14.7. The molecule has 182 valence electrons. The Bertz CT molecular complexity index is 1320. The third-order valence-electron chi connectivity index (χ3n) is 6.29. The zero-order chi connectivity index (χ0) is 24.8. The van der Waals surface area contributed by atoms with Crippen LogP contribution in [0.1, 0.15) is 24.5 Å². The fourth-order valence-electron chi connectivity index (χ4n) is 4.60. The number of alkyl halides is 2. The number of methoxy groups -OCH3 is 1. The molecule has 0 bridgehead atoms. The van der Waals surface area contributed by atoms with E-state index < -0.39 is 23.8 Å². The number of hydrogen-bond acceptors (Lipinski definition) is 6. The number of aromatic nitrogens is 2. The molecule has 5 rings (SSSR count). The van der Waals surface area contributed by atoms with Gasteiger partial charge in [0.15, 0.2) is 5.75 Å². The van der Waals surface area contributed by atoms with Crippen LogP contribution in [0.2, 0.25) is 0 Å². The molecule has 0 spiro atoms. The van der Waals surface area contributed by atoms with Crippen molar-refractivity contribution in [3.05, 3.63) is 65.9 Å². The topological polar surface area (TPSA) is 85.9 Å². The van der Waals surface area contributed by atoms with Gasteiger partial charge in [-0.15, -0.1) is 0 Å². The molecule has 0 saturated carbocycles. The fraction of sp³-hybridized carbons (Fsp3) is 0.320. The van der Waals surface area contributed by atoms with Gasteiger partial charge >= 0.3 is 0 Å². The van der Waals surface area contributed by atoms with Crippen LogP contribution in [0.15, 0.2) is 53.9 Å². The Kier molecular flexibility index (Phi) is 5.63. The fourth-order valence-corrected chi connectivity index (χ4v) is 4.60. The van der Waals surface area contributed by atoms with Crippen molar-refractivity contribution >= 4 is 11.7 Å². The van der Waals surface area contributed by atoms with E-state index in [1.54, 1.807) is 29.3 Å². The Labute approximate surface area is 200 Å². The Morgan fingerprint density at radius 3 is 2.66 bits per heavy atom. The van der Waals surface area contributed by atoms with E-state index in [0.29, 0.717) is 39.6 Å². The standard InChI is InChI=1S/C25H24F3N5O2/c1-24(32-22(29)13-34-2)18-8-15(16-7-17(26)11-30-10-16)3-4-20(18)35-21-12-31-23(9-19(21)24)33-6-5-25(27,28)14-33/h3-4,7-12H,5-6,13-14H2,1-2H3,(H2,29,32)/t24-/m0/s1. The minimum absolute atomic E-state index is 0.102. The van der Waals surface area contributed by atoms with Gasteiger partial charge in [0.25, 0.3) is 5.92 Å². The average Bonchev–Trinajstić information content (AvgIpc) is 3.19. The third kappa shape index (κ3) is 4.29. The molecule has 0 amide bonds. The molecule has 3 aromatic rings. The number of aliphatic imine (C=N–C) groups is 1. The van der Waals surface area contributed by atoms with Gasteiger partial charge in [0.2, 0.25) is 0 Å². The summed E-state index contributed by atoms with van der Waals surface area (Å²) in [5.74, 6) is -1.58. The average molecular weight is 483 g/mol. The lowest BCUT2D eigenvalue weighted by atomic mass is 9.81. The van der Waals surface area contributed by atoms with Crippen LogP contribution in [0.4, 0.5) is 19.0 Å². The predicted octanol–water partition coefficient (Wildman–Crippen LogP) is 4.50. The van der Waals surface area contributed by atoms with Gasteiger partial charge in [-0.1, -0.05) is 6.07 Å². The minimum atomic E-state index is -2.76. The summed E-state index contributed by atoms with van der Waals surface area (Å²) < 4.78 is 52.9. The van der Waals surface area contributed by atoms with Gasteiger partial charge in [-0.05, 0) is 36.8 Å². The zero-order valence-corrected chi connectivity index (χ0v) is 19.3. The number of nitrogens with two attached hydrogens (primary N) is 1. The van der Waals surface area contributed by atoms with E-state index in [9.17, 15) is 13.2 Å². The number of anilines is 1.